The number of hydrogen-bond donors (Lipinski definition) is 0. The summed E-state index contributed by atoms with van der Waals surface area (Å²) in [5, 5.41) is 0. The van der Waals surface area contributed by atoms with Crippen LogP contribution in [0, 0.1) is 12.7 Å². The summed E-state index contributed by atoms with van der Waals surface area (Å²) < 4.78 is 21.2. The number of rotatable bonds is 6. The summed E-state index contributed by atoms with van der Waals surface area (Å²) >= 11 is 0. The van der Waals surface area contributed by atoms with Crippen LogP contribution in [0.1, 0.15) is 18.4 Å². The Hall–Kier alpha value is -2.60. The number of anilines is 1. The molecule has 0 radical (unpaired) electrons. The van der Waals surface area contributed by atoms with Crippen LogP contribution >= 0.6 is 0 Å². The van der Waals surface area contributed by atoms with Crippen molar-refractivity contribution in [3.8, 4) is 0 Å². The van der Waals surface area contributed by atoms with E-state index < -0.39 is 0 Å². The van der Waals surface area contributed by atoms with Gasteiger partial charge in [0.15, 0.2) is 5.58 Å². The van der Waals surface area contributed by atoms with Gasteiger partial charge in [0.25, 0.3) is 0 Å². The van der Waals surface area contributed by atoms with Crippen molar-refractivity contribution in [2.24, 2.45) is 0 Å². The average molecular weight is 383 g/mol. The SMILES string of the molecule is Cc1ccc(N2CCN(CCCCn3c(=O)oc4ccccc43)CC2)c(F)c1. The number of unbranched alkanes of at least 4 members (excludes halogenated alkanes) is 1. The van der Waals surface area contributed by atoms with Gasteiger partial charge in [-0.1, -0.05) is 18.2 Å². The molecule has 2 aromatic carbocycles. The van der Waals surface area contributed by atoms with E-state index in [-0.39, 0.29) is 11.6 Å². The van der Waals surface area contributed by atoms with Crippen LogP contribution in [0.5, 0.6) is 0 Å². The van der Waals surface area contributed by atoms with Crippen molar-refractivity contribution in [1.82, 2.24) is 9.47 Å². The van der Waals surface area contributed by atoms with Crippen LogP contribution in [-0.4, -0.2) is 42.2 Å². The minimum absolute atomic E-state index is 0.133. The lowest BCUT2D eigenvalue weighted by molar-refractivity contribution is 0.250. The normalized spacial score (nSPS) is 15.4. The van der Waals surface area contributed by atoms with E-state index in [0.29, 0.717) is 17.8 Å². The Labute approximate surface area is 164 Å². The Morgan fingerprint density at radius 3 is 2.54 bits per heavy atom. The largest absolute Gasteiger partial charge is 0.419 e. The minimum atomic E-state index is -0.282. The van der Waals surface area contributed by atoms with E-state index in [1.165, 1.54) is 0 Å². The van der Waals surface area contributed by atoms with E-state index in [4.69, 9.17) is 4.42 Å². The lowest BCUT2D eigenvalue weighted by Gasteiger charge is -2.36. The molecule has 0 saturated carbocycles. The first-order valence-electron chi connectivity index (χ1n) is 9.93. The quantitative estimate of drug-likeness (QED) is 0.610. The van der Waals surface area contributed by atoms with Crippen LogP contribution in [0.3, 0.4) is 0 Å². The number of nitrogens with zero attached hydrogens (tertiary/aromatic N) is 3. The molecule has 1 aromatic heterocycles. The molecule has 0 N–H and O–H groups in total. The molecule has 5 nitrogen and oxygen atoms in total. The van der Waals surface area contributed by atoms with Gasteiger partial charge < -0.3 is 9.32 Å². The maximum Gasteiger partial charge on any atom is 0.419 e. The second kappa shape index (κ2) is 8.19. The topological polar surface area (TPSA) is 41.6 Å². The van der Waals surface area contributed by atoms with Gasteiger partial charge in [0, 0.05) is 32.7 Å². The molecule has 6 heteroatoms. The third-order valence-corrected chi connectivity index (χ3v) is 5.50. The molecule has 1 aliphatic rings. The zero-order valence-electron chi connectivity index (χ0n) is 16.2. The summed E-state index contributed by atoms with van der Waals surface area (Å²) in [5.74, 6) is -0.416. The van der Waals surface area contributed by atoms with Gasteiger partial charge in [-0.3, -0.25) is 9.47 Å². The van der Waals surface area contributed by atoms with Crippen LogP contribution in [0.25, 0.3) is 11.1 Å². The van der Waals surface area contributed by atoms with Crippen molar-refractivity contribution in [2.75, 3.05) is 37.6 Å². The zero-order chi connectivity index (χ0) is 19.5. The number of aromatic nitrogens is 1. The Morgan fingerprint density at radius 2 is 1.75 bits per heavy atom. The molecule has 3 aromatic rings. The smallest absolute Gasteiger partial charge is 0.408 e. The minimum Gasteiger partial charge on any atom is -0.408 e. The first-order valence-corrected chi connectivity index (χ1v) is 9.93. The van der Waals surface area contributed by atoms with Crippen molar-refractivity contribution >= 4 is 16.8 Å². The van der Waals surface area contributed by atoms with E-state index in [1.54, 1.807) is 10.6 Å². The highest BCUT2D eigenvalue weighted by atomic mass is 19.1. The molecule has 0 bridgehead atoms. The molecule has 1 saturated heterocycles. The second-order valence-electron chi connectivity index (χ2n) is 7.48. The molecule has 28 heavy (non-hydrogen) atoms. The summed E-state index contributed by atoms with van der Waals surface area (Å²) in [4.78, 5) is 16.5. The number of fused-ring (bicyclic) bond motifs is 1. The molecule has 0 amide bonds. The molecule has 0 spiro atoms. The van der Waals surface area contributed by atoms with Crippen molar-refractivity contribution in [3.63, 3.8) is 0 Å². The number of halogens is 1. The van der Waals surface area contributed by atoms with Crippen LogP contribution < -0.4 is 10.7 Å². The Balaban J connectivity index is 1.25. The molecule has 0 unspecified atom stereocenters. The fourth-order valence-corrected chi connectivity index (χ4v) is 3.91. The Morgan fingerprint density at radius 1 is 1.00 bits per heavy atom. The molecule has 2 heterocycles. The predicted molar refractivity (Wildman–Crippen MR) is 109 cm³/mol. The van der Waals surface area contributed by atoms with Gasteiger partial charge in [0.2, 0.25) is 0 Å². The fourth-order valence-electron chi connectivity index (χ4n) is 3.91. The molecule has 0 aliphatic carbocycles. The Kier molecular flexibility index (Phi) is 5.48. The van der Waals surface area contributed by atoms with Crippen molar-refractivity contribution < 1.29 is 8.81 Å². The van der Waals surface area contributed by atoms with Crippen molar-refractivity contribution in [1.29, 1.82) is 0 Å². The van der Waals surface area contributed by atoms with E-state index in [1.807, 2.05) is 43.3 Å². The number of para-hydroxylation sites is 2. The predicted octanol–water partition coefficient (Wildman–Crippen LogP) is 3.64. The van der Waals surface area contributed by atoms with Crippen molar-refractivity contribution in [2.45, 2.75) is 26.3 Å². The molecule has 4 rings (SSSR count). The molecular formula is C22H26FN3O2. The van der Waals surface area contributed by atoms with E-state index in [2.05, 4.69) is 9.80 Å². The van der Waals surface area contributed by atoms with Gasteiger partial charge in [-0.15, -0.1) is 0 Å². The average Bonchev–Trinajstić information content (AvgIpc) is 3.01. The summed E-state index contributed by atoms with van der Waals surface area (Å²) in [5.41, 5.74) is 3.16. The summed E-state index contributed by atoms with van der Waals surface area (Å²) in [6.07, 6.45) is 1.95. The van der Waals surface area contributed by atoms with Gasteiger partial charge in [0.05, 0.1) is 11.2 Å². The monoisotopic (exact) mass is 383 g/mol. The van der Waals surface area contributed by atoms with Gasteiger partial charge in [-0.2, -0.15) is 0 Å². The highest BCUT2D eigenvalue weighted by molar-refractivity contribution is 5.72. The summed E-state index contributed by atoms with van der Waals surface area (Å²) in [6.45, 7) is 7.12. The Bertz CT molecular complexity index is 1000. The standard InChI is InChI=1S/C22H26FN3O2/c1-17-8-9-19(18(23)16-17)25-14-12-24(13-15-25)10-4-5-11-26-20-6-2-3-7-21(20)28-22(26)27/h2-3,6-9,16H,4-5,10-15H2,1H3. The number of hydrogen-bond acceptors (Lipinski definition) is 4. The maximum atomic E-state index is 14.2. The third-order valence-electron chi connectivity index (χ3n) is 5.50. The van der Waals surface area contributed by atoms with E-state index in [9.17, 15) is 9.18 Å². The number of aryl methyl sites for hydroxylation is 2. The second-order valence-corrected chi connectivity index (χ2v) is 7.48. The lowest BCUT2D eigenvalue weighted by Crippen LogP contribution is -2.47. The van der Waals surface area contributed by atoms with Gasteiger partial charge >= 0.3 is 5.76 Å². The van der Waals surface area contributed by atoms with Gasteiger partial charge in [-0.25, -0.2) is 9.18 Å². The molecule has 1 fully saturated rings. The van der Waals surface area contributed by atoms with Gasteiger partial charge in [-0.05, 0) is 56.1 Å². The molecule has 1 aliphatic heterocycles. The van der Waals surface area contributed by atoms with Gasteiger partial charge in [0.1, 0.15) is 5.82 Å². The summed E-state index contributed by atoms with van der Waals surface area (Å²) in [7, 11) is 0. The van der Waals surface area contributed by atoms with Crippen LogP contribution in [0.15, 0.2) is 51.7 Å². The highest BCUT2D eigenvalue weighted by Crippen LogP contribution is 2.22. The summed E-state index contributed by atoms with van der Waals surface area (Å²) in [6, 6.07) is 13.0. The lowest BCUT2D eigenvalue weighted by atomic mass is 10.2. The van der Waals surface area contributed by atoms with E-state index >= 15 is 0 Å². The van der Waals surface area contributed by atoms with Crippen LogP contribution in [0.4, 0.5) is 10.1 Å². The number of benzene rings is 2. The first kappa shape index (κ1) is 18.7. The molecular weight excluding hydrogens is 357 g/mol. The maximum absolute atomic E-state index is 14.2. The first-order chi connectivity index (χ1) is 13.6. The zero-order valence-corrected chi connectivity index (χ0v) is 16.2. The van der Waals surface area contributed by atoms with Crippen LogP contribution in [-0.2, 0) is 6.54 Å². The van der Waals surface area contributed by atoms with Crippen molar-refractivity contribution in [3.05, 3.63) is 64.4 Å². The molecule has 0 atom stereocenters. The number of piperazine rings is 1. The number of oxazole rings is 1. The highest BCUT2D eigenvalue weighted by Gasteiger charge is 2.19. The molecule has 148 valence electrons. The fraction of sp³-hybridized carbons (Fsp3) is 0.409. The van der Waals surface area contributed by atoms with Crippen LogP contribution in [0.2, 0.25) is 0 Å². The van der Waals surface area contributed by atoms with E-state index in [0.717, 1.165) is 56.6 Å². The third kappa shape index (κ3) is 3.97.